The van der Waals surface area contributed by atoms with Crippen LogP contribution in [0.1, 0.15) is 37.3 Å². The first kappa shape index (κ1) is 27.2. The molecule has 0 saturated carbocycles. The van der Waals surface area contributed by atoms with E-state index < -0.39 is 7.75 Å². The van der Waals surface area contributed by atoms with Crippen LogP contribution in [-0.4, -0.2) is 16.2 Å². The van der Waals surface area contributed by atoms with Crippen LogP contribution in [0.25, 0.3) is 22.3 Å². The lowest BCUT2D eigenvalue weighted by Crippen LogP contribution is -2.20. The highest BCUT2D eigenvalue weighted by molar-refractivity contribution is 7.51. The maximum absolute atomic E-state index is 13.4. The molecule has 1 aromatic heterocycles. The summed E-state index contributed by atoms with van der Waals surface area (Å²) >= 11 is 6.11. The number of nitrogens with one attached hydrogen (secondary N) is 1. The number of benzene rings is 3. The van der Waals surface area contributed by atoms with Crippen molar-refractivity contribution in [2.75, 3.05) is 6.61 Å². The van der Waals surface area contributed by atoms with Crippen LogP contribution in [0, 0.1) is 0 Å². The lowest BCUT2D eigenvalue weighted by atomic mass is 10.1. The Morgan fingerprint density at radius 3 is 2.46 bits per heavy atom. The monoisotopic (exact) mass is 539 g/mol. The second-order valence-corrected chi connectivity index (χ2v) is 11.1. The summed E-state index contributed by atoms with van der Waals surface area (Å²) in [5.41, 5.74) is 2.98. The SMILES string of the molecule is CCCCCOP(=O)(NCc1ccccc1)OCc1ccc(-c2nc3cc(Cl)ccc3c(=O)n2C)cc1. The van der Waals surface area contributed by atoms with Crippen molar-refractivity contribution in [3.8, 4) is 11.4 Å². The van der Waals surface area contributed by atoms with Crippen molar-refractivity contribution >= 4 is 30.3 Å². The summed E-state index contributed by atoms with van der Waals surface area (Å²) in [4.78, 5) is 17.5. The fourth-order valence-corrected chi connectivity index (χ4v) is 5.35. The second kappa shape index (κ2) is 12.6. The van der Waals surface area contributed by atoms with Gasteiger partial charge in [-0.3, -0.25) is 18.4 Å². The lowest BCUT2D eigenvalue weighted by Gasteiger charge is -2.20. The van der Waals surface area contributed by atoms with Gasteiger partial charge in [-0.15, -0.1) is 0 Å². The molecule has 0 spiro atoms. The van der Waals surface area contributed by atoms with Gasteiger partial charge >= 0.3 is 7.75 Å². The summed E-state index contributed by atoms with van der Waals surface area (Å²) in [7, 11) is -1.83. The standard InChI is InChI=1S/C28H31ClN3O4P/c1-3-4-8-17-35-37(34,30-19-21-9-6-5-7-10-21)36-20-22-11-13-23(14-12-22)27-31-26-18-24(29)15-16-25(26)28(33)32(27)2/h5-7,9-16,18H,3-4,8,17,19-20H2,1-2H3,(H,30,34). The number of hydrogen-bond acceptors (Lipinski definition) is 5. The summed E-state index contributed by atoms with van der Waals surface area (Å²) in [5, 5.41) is 4.02. The van der Waals surface area contributed by atoms with E-state index in [1.807, 2.05) is 54.6 Å². The Balaban J connectivity index is 1.48. The maximum Gasteiger partial charge on any atom is 0.406 e. The van der Waals surface area contributed by atoms with Crippen molar-refractivity contribution < 1.29 is 13.6 Å². The Kier molecular flexibility index (Phi) is 9.30. The third kappa shape index (κ3) is 7.16. The molecule has 1 N–H and O–H groups in total. The van der Waals surface area contributed by atoms with Crippen molar-refractivity contribution in [2.45, 2.75) is 39.3 Å². The minimum Gasteiger partial charge on any atom is -0.297 e. The van der Waals surface area contributed by atoms with Gasteiger partial charge in [0.25, 0.3) is 5.56 Å². The van der Waals surface area contributed by atoms with Gasteiger partial charge < -0.3 is 0 Å². The Hall–Kier alpha value is -2.80. The number of nitrogens with zero attached hydrogens (tertiary/aromatic N) is 2. The van der Waals surface area contributed by atoms with Crippen LogP contribution in [0.3, 0.4) is 0 Å². The summed E-state index contributed by atoms with van der Waals surface area (Å²) < 4.78 is 26.5. The highest BCUT2D eigenvalue weighted by Crippen LogP contribution is 2.45. The molecule has 7 nitrogen and oxygen atoms in total. The molecule has 0 aliphatic heterocycles. The van der Waals surface area contributed by atoms with Gasteiger partial charge in [-0.05, 0) is 35.7 Å². The van der Waals surface area contributed by atoms with E-state index >= 15 is 0 Å². The molecule has 1 unspecified atom stereocenters. The average molecular weight is 540 g/mol. The van der Waals surface area contributed by atoms with E-state index in [0.29, 0.717) is 34.9 Å². The van der Waals surface area contributed by atoms with Crippen LogP contribution >= 0.6 is 19.3 Å². The minimum atomic E-state index is -3.53. The summed E-state index contributed by atoms with van der Waals surface area (Å²) in [6.45, 7) is 2.94. The molecular weight excluding hydrogens is 509 g/mol. The number of hydrogen-bond donors (Lipinski definition) is 1. The van der Waals surface area contributed by atoms with Gasteiger partial charge in [0.05, 0.1) is 24.1 Å². The normalized spacial score (nSPS) is 13.1. The van der Waals surface area contributed by atoms with Gasteiger partial charge in [0.2, 0.25) is 0 Å². The number of halogens is 1. The van der Waals surface area contributed by atoms with Crippen LogP contribution < -0.4 is 10.6 Å². The highest BCUT2D eigenvalue weighted by atomic mass is 35.5. The van der Waals surface area contributed by atoms with Gasteiger partial charge in [-0.1, -0.05) is 86.0 Å². The molecule has 37 heavy (non-hydrogen) atoms. The van der Waals surface area contributed by atoms with Gasteiger partial charge in [0.1, 0.15) is 5.82 Å². The molecule has 1 atom stereocenters. The van der Waals surface area contributed by atoms with Crippen molar-refractivity contribution in [1.29, 1.82) is 0 Å². The van der Waals surface area contributed by atoms with Gasteiger partial charge in [-0.25, -0.2) is 14.6 Å². The number of fused-ring (bicyclic) bond motifs is 1. The minimum absolute atomic E-state index is 0.104. The fourth-order valence-electron chi connectivity index (χ4n) is 3.86. The van der Waals surface area contributed by atoms with Crippen LogP contribution in [0.15, 0.2) is 77.6 Å². The van der Waals surface area contributed by atoms with Crippen molar-refractivity contribution in [3.63, 3.8) is 0 Å². The van der Waals surface area contributed by atoms with E-state index in [2.05, 4.69) is 17.0 Å². The second-order valence-electron chi connectivity index (χ2n) is 8.79. The third-order valence-electron chi connectivity index (χ3n) is 5.98. The molecule has 0 bridgehead atoms. The Morgan fingerprint density at radius 2 is 1.73 bits per heavy atom. The Bertz CT molecular complexity index is 1440. The smallest absolute Gasteiger partial charge is 0.297 e. The van der Waals surface area contributed by atoms with Crippen LogP contribution in [0.4, 0.5) is 0 Å². The Morgan fingerprint density at radius 1 is 0.973 bits per heavy atom. The van der Waals surface area contributed by atoms with E-state index in [9.17, 15) is 9.36 Å². The molecule has 1 heterocycles. The molecule has 4 rings (SSSR count). The van der Waals surface area contributed by atoms with Gasteiger partial charge in [-0.2, -0.15) is 0 Å². The number of rotatable bonds is 12. The van der Waals surface area contributed by atoms with E-state index in [-0.39, 0.29) is 12.2 Å². The molecule has 9 heteroatoms. The molecule has 194 valence electrons. The predicted molar refractivity (Wildman–Crippen MR) is 149 cm³/mol. The average Bonchev–Trinajstić information content (AvgIpc) is 2.92. The topological polar surface area (TPSA) is 82.5 Å². The van der Waals surface area contributed by atoms with Crippen LogP contribution in [0.5, 0.6) is 0 Å². The zero-order valence-corrected chi connectivity index (χ0v) is 22.7. The van der Waals surface area contributed by atoms with Crippen molar-refractivity contribution in [3.05, 3.63) is 99.3 Å². The number of unbranched alkanes of at least 4 members (excludes halogenated alkanes) is 2. The largest absolute Gasteiger partial charge is 0.406 e. The number of aromatic nitrogens is 2. The van der Waals surface area contributed by atoms with Gasteiger partial charge in [0, 0.05) is 24.2 Å². The summed E-state index contributed by atoms with van der Waals surface area (Å²) in [6, 6.07) is 22.2. The Labute approximate surface area is 222 Å². The quantitative estimate of drug-likeness (QED) is 0.156. The van der Waals surface area contributed by atoms with Crippen LogP contribution in [0.2, 0.25) is 5.02 Å². The lowest BCUT2D eigenvalue weighted by molar-refractivity contribution is 0.186. The highest BCUT2D eigenvalue weighted by Gasteiger charge is 2.24. The molecular formula is C28H31ClN3O4P. The molecule has 0 amide bonds. The first-order valence-electron chi connectivity index (χ1n) is 12.3. The third-order valence-corrected chi connectivity index (χ3v) is 7.75. The molecule has 0 radical (unpaired) electrons. The summed E-state index contributed by atoms with van der Waals surface area (Å²) in [6.07, 6.45) is 2.86. The predicted octanol–water partition coefficient (Wildman–Crippen LogP) is 6.88. The summed E-state index contributed by atoms with van der Waals surface area (Å²) in [5.74, 6) is 0.529. The van der Waals surface area contributed by atoms with E-state index in [4.69, 9.17) is 20.6 Å². The molecule has 0 aliphatic carbocycles. The molecule has 0 aliphatic rings. The first-order chi connectivity index (χ1) is 17.9. The van der Waals surface area contributed by atoms with E-state index in [0.717, 1.165) is 36.0 Å². The first-order valence-corrected chi connectivity index (χ1v) is 14.2. The van der Waals surface area contributed by atoms with E-state index in [1.165, 1.54) is 4.57 Å². The maximum atomic E-state index is 13.4. The zero-order chi connectivity index (χ0) is 26.3. The molecule has 0 saturated heterocycles. The van der Waals surface area contributed by atoms with Gasteiger partial charge in [0.15, 0.2) is 0 Å². The molecule has 4 aromatic rings. The zero-order valence-electron chi connectivity index (χ0n) is 21.0. The van der Waals surface area contributed by atoms with Crippen molar-refractivity contribution in [2.24, 2.45) is 7.05 Å². The van der Waals surface area contributed by atoms with Crippen molar-refractivity contribution in [1.82, 2.24) is 14.6 Å². The fraction of sp³-hybridized carbons (Fsp3) is 0.286. The van der Waals surface area contributed by atoms with Crippen LogP contribution in [-0.2, 0) is 33.8 Å². The molecule has 3 aromatic carbocycles. The van der Waals surface area contributed by atoms with E-state index in [1.54, 1.807) is 25.2 Å². The molecule has 0 fully saturated rings.